The van der Waals surface area contributed by atoms with Crippen molar-refractivity contribution in [3.63, 3.8) is 0 Å². The first-order valence-electron chi connectivity index (χ1n) is 10.8. The number of aliphatic hydroxyl groups is 1. The molecule has 0 aliphatic heterocycles. The molecular weight excluding hydrogens is 519 g/mol. The molecule has 0 heterocycles. The molecule has 0 radical (unpaired) electrons. The van der Waals surface area contributed by atoms with Crippen molar-refractivity contribution in [2.75, 3.05) is 25.7 Å². The Morgan fingerprint density at radius 1 is 0.886 bits per heavy atom. The number of alkyl halides is 1. The highest BCUT2D eigenvalue weighted by atomic mass is 35.5. The summed E-state index contributed by atoms with van der Waals surface area (Å²) in [5.74, 6) is -0.0182. The average Bonchev–Trinajstić information content (AvgIpc) is 2.80. The monoisotopic (exact) mass is 546 g/mol. The molecule has 0 amide bonds. The van der Waals surface area contributed by atoms with Crippen LogP contribution in [0.3, 0.4) is 0 Å². The van der Waals surface area contributed by atoms with E-state index in [2.05, 4.69) is 0 Å². The first kappa shape index (κ1) is 29.0. The maximum Gasteiger partial charge on any atom is 0.303 e. The van der Waals surface area contributed by atoms with E-state index in [1.807, 2.05) is 26.0 Å². The summed E-state index contributed by atoms with van der Waals surface area (Å²) in [5.41, 5.74) is 1.37. The van der Waals surface area contributed by atoms with Gasteiger partial charge in [0.25, 0.3) is 0 Å². The van der Waals surface area contributed by atoms with Crippen molar-refractivity contribution >= 4 is 46.7 Å². The van der Waals surface area contributed by atoms with E-state index < -0.39 is 29.6 Å². The number of hydrogen-bond donors (Lipinski definition) is 1. The van der Waals surface area contributed by atoms with Crippen molar-refractivity contribution in [2.24, 2.45) is 0 Å². The Morgan fingerprint density at radius 2 is 1.40 bits per heavy atom. The van der Waals surface area contributed by atoms with Gasteiger partial charge in [-0.3, -0.25) is 9.59 Å². The number of aliphatic hydroxyl groups excluding tert-OH is 1. The fraction of sp³-hybridized carbons (Fsp3) is 0.440. The van der Waals surface area contributed by atoms with Gasteiger partial charge in [-0.25, -0.2) is 0 Å². The van der Waals surface area contributed by atoms with Gasteiger partial charge >= 0.3 is 11.9 Å². The van der Waals surface area contributed by atoms with Gasteiger partial charge < -0.3 is 24.1 Å². The van der Waals surface area contributed by atoms with Crippen molar-refractivity contribution < 1.29 is 33.6 Å². The Balaban J connectivity index is 2.14. The Hall–Kier alpha value is -2.19. The van der Waals surface area contributed by atoms with E-state index in [4.69, 9.17) is 53.8 Å². The third-order valence-electron chi connectivity index (χ3n) is 5.19. The molecule has 0 saturated heterocycles. The number of hydrogen-bond acceptors (Lipinski definition) is 7. The minimum absolute atomic E-state index is 0.0152. The molecule has 1 N–H and O–H groups in total. The number of ether oxygens (including phenoxy) is 4. The van der Waals surface area contributed by atoms with Gasteiger partial charge in [-0.1, -0.05) is 49.2 Å². The Labute approximate surface area is 220 Å². The summed E-state index contributed by atoms with van der Waals surface area (Å²) in [6.07, 6.45) is -1.36. The number of carbonyl (C=O) groups is 2. The molecule has 10 heteroatoms. The minimum atomic E-state index is -0.734. The molecule has 0 aliphatic carbocycles. The quantitative estimate of drug-likeness (QED) is 0.289. The van der Waals surface area contributed by atoms with Gasteiger partial charge in [0.2, 0.25) is 0 Å². The van der Waals surface area contributed by atoms with Crippen molar-refractivity contribution in [1.82, 2.24) is 0 Å². The zero-order valence-corrected chi connectivity index (χ0v) is 22.2. The fourth-order valence-electron chi connectivity index (χ4n) is 3.26. The van der Waals surface area contributed by atoms with Gasteiger partial charge in [-0.05, 0) is 35.4 Å². The number of esters is 2. The van der Waals surface area contributed by atoms with Crippen molar-refractivity contribution in [1.29, 1.82) is 0 Å². The second-order valence-corrected chi connectivity index (χ2v) is 9.46. The number of carbonyl (C=O) groups excluding carboxylic acids is 2. The van der Waals surface area contributed by atoms with Gasteiger partial charge in [-0.15, -0.1) is 11.6 Å². The van der Waals surface area contributed by atoms with Crippen LogP contribution in [0.2, 0.25) is 10.0 Å². The van der Waals surface area contributed by atoms with E-state index in [-0.39, 0.29) is 31.5 Å². The van der Waals surface area contributed by atoms with Crippen LogP contribution in [-0.4, -0.2) is 55.0 Å². The van der Waals surface area contributed by atoms with Crippen LogP contribution < -0.4 is 9.47 Å². The largest absolute Gasteiger partial charge is 0.490 e. The third kappa shape index (κ3) is 8.46. The summed E-state index contributed by atoms with van der Waals surface area (Å²) in [6.45, 7) is 6.34. The molecule has 2 aromatic rings. The first-order chi connectivity index (χ1) is 16.5. The topological polar surface area (TPSA) is 91.3 Å². The third-order valence-corrected chi connectivity index (χ3v) is 6.09. The second-order valence-electron chi connectivity index (χ2n) is 8.34. The second kappa shape index (κ2) is 13.2. The summed E-state index contributed by atoms with van der Waals surface area (Å²) in [4.78, 5) is 22.2. The number of halogens is 3. The summed E-state index contributed by atoms with van der Waals surface area (Å²) in [6, 6.07) is 11.0. The zero-order valence-electron chi connectivity index (χ0n) is 20.0. The highest BCUT2D eigenvalue weighted by Gasteiger charge is 2.26. The van der Waals surface area contributed by atoms with E-state index in [9.17, 15) is 14.7 Å². The molecule has 192 valence electrons. The molecule has 0 fully saturated rings. The summed E-state index contributed by atoms with van der Waals surface area (Å²) >= 11 is 18.8. The van der Waals surface area contributed by atoms with Gasteiger partial charge in [0, 0.05) is 19.3 Å². The van der Waals surface area contributed by atoms with Crippen LogP contribution in [-0.2, 0) is 24.5 Å². The van der Waals surface area contributed by atoms with Crippen LogP contribution in [0.4, 0.5) is 0 Å². The zero-order chi connectivity index (χ0) is 26.2. The molecule has 0 bridgehead atoms. The van der Waals surface area contributed by atoms with E-state index >= 15 is 0 Å². The van der Waals surface area contributed by atoms with E-state index in [1.54, 1.807) is 24.3 Å². The Morgan fingerprint density at radius 3 is 1.89 bits per heavy atom. The van der Waals surface area contributed by atoms with Gasteiger partial charge in [-0.2, -0.15) is 0 Å². The summed E-state index contributed by atoms with van der Waals surface area (Å²) < 4.78 is 21.4. The lowest BCUT2D eigenvalue weighted by atomic mass is 9.78. The van der Waals surface area contributed by atoms with Crippen LogP contribution in [0.1, 0.15) is 38.8 Å². The lowest BCUT2D eigenvalue weighted by Crippen LogP contribution is -2.27. The molecule has 2 aromatic carbocycles. The molecule has 35 heavy (non-hydrogen) atoms. The first-order valence-corrected chi connectivity index (χ1v) is 12.1. The summed E-state index contributed by atoms with van der Waals surface area (Å²) in [5, 5.41) is 9.92. The van der Waals surface area contributed by atoms with E-state index in [1.165, 1.54) is 13.8 Å². The molecular formula is C25H29Cl3O7. The predicted molar refractivity (Wildman–Crippen MR) is 135 cm³/mol. The van der Waals surface area contributed by atoms with Gasteiger partial charge in [0.1, 0.15) is 25.1 Å². The molecule has 2 rings (SSSR count). The van der Waals surface area contributed by atoms with Gasteiger partial charge in [0.15, 0.2) is 11.9 Å². The van der Waals surface area contributed by atoms with E-state index in [0.29, 0.717) is 15.8 Å². The molecule has 0 aliphatic rings. The van der Waals surface area contributed by atoms with Crippen LogP contribution in [0.15, 0.2) is 36.4 Å². The minimum Gasteiger partial charge on any atom is -0.490 e. The SMILES string of the molecule is CC(=O)O[C@H](CO)COc1ccc(C(C)(C)c2cc(Cl)c(OC[C@H](CCl)OC(C)=O)c(Cl)c2)cc1. The average molecular weight is 548 g/mol. The number of benzene rings is 2. The van der Waals surface area contributed by atoms with E-state index in [0.717, 1.165) is 11.1 Å². The van der Waals surface area contributed by atoms with Crippen molar-refractivity contribution in [3.05, 3.63) is 57.6 Å². The molecule has 2 atom stereocenters. The summed E-state index contributed by atoms with van der Waals surface area (Å²) in [7, 11) is 0. The maximum atomic E-state index is 11.2. The standard InChI is InChI=1S/C25H29Cl3O7/c1-15(30)34-20(11-26)13-33-24-22(27)9-18(10-23(24)28)25(3,4)17-5-7-19(8-6-17)32-14-21(12-29)35-16(2)31/h5-10,20-21,29H,11-14H2,1-4H3/t20-,21+/m0/s1. The smallest absolute Gasteiger partial charge is 0.303 e. The lowest BCUT2D eigenvalue weighted by Gasteiger charge is -2.27. The molecule has 7 nitrogen and oxygen atoms in total. The van der Waals surface area contributed by atoms with Crippen LogP contribution in [0, 0.1) is 0 Å². The van der Waals surface area contributed by atoms with Gasteiger partial charge in [0.05, 0.1) is 22.5 Å². The van der Waals surface area contributed by atoms with Crippen molar-refractivity contribution in [3.8, 4) is 11.5 Å². The van der Waals surface area contributed by atoms with Crippen LogP contribution in [0.5, 0.6) is 11.5 Å². The predicted octanol–water partition coefficient (Wildman–Crippen LogP) is 5.17. The molecule has 0 spiro atoms. The van der Waals surface area contributed by atoms with Crippen molar-refractivity contribution in [2.45, 2.75) is 45.3 Å². The Kier molecular flexibility index (Phi) is 11.0. The van der Waals surface area contributed by atoms with Crippen LogP contribution >= 0.6 is 34.8 Å². The molecule has 0 aromatic heterocycles. The Bertz CT molecular complexity index is 986. The number of rotatable bonds is 12. The lowest BCUT2D eigenvalue weighted by molar-refractivity contribution is -0.150. The maximum absolute atomic E-state index is 11.2. The van der Waals surface area contributed by atoms with Crippen LogP contribution in [0.25, 0.3) is 0 Å². The molecule has 0 unspecified atom stereocenters. The highest BCUT2D eigenvalue weighted by molar-refractivity contribution is 6.37. The normalized spacial score (nSPS) is 13.0. The molecule has 0 saturated carbocycles. The highest BCUT2D eigenvalue weighted by Crippen LogP contribution is 2.40. The fourth-order valence-corrected chi connectivity index (χ4v) is 4.01.